The van der Waals surface area contributed by atoms with Gasteiger partial charge in [-0.3, -0.25) is 5.10 Å². The first kappa shape index (κ1) is 9.03. The normalized spacial score (nSPS) is 11.1. The molecule has 2 heterocycles. The van der Waals surface area contributed by atoms with Crippen molar-refractivity contribution in [2.45, 2.75) is 6.92 Å². The Morgan fingerprint density at radius 1 is 1.38 bits per heavy atom. The van der Waals surface area contributed by atoms with E-state index in [2.05, 4.69) is 10.2 Å². The summed E-state index contributed by atoms with van der Waals surface area (Å²) in [6, 6.07) is 6.03. The van der Waals surface area contributed by atoms with E-state index in [9.17, 15) is 0 Å². The first-order chi connectivity index (χ1) is 7.75. The molecule has 3 rings (SSSR count). The van der Waals surface area contributed by atoms with Crippen LogP contribution in [0.1, 0.15) is 5.56 Å². The molecule has 1 aromatic carbocycles. The molecular weight excluding hydrogens is 202 g/mol. The fourth-order valence-corrected chi connectivity index (χ4v) is 1.85. The van der Waals surface area contributed by atoms with Crippen LogP contribution in [0.4, 0.5) is 5.82 Å². The van der Waals surface area contributed by atoms with Crippen LogP contribution in [-0.2, 0) is 0 Å². The highest BCUT2D eigenvalue weighted by Gasteiger charge is 2.07. The number of aryl methyl sites for hydroxylation is 1. The average molecular weight is 213 g/mol. The number of fused-ring (bicyclic) bond motifs is 1. The van der Waals surface area contributed by atoms with Crippen LogP contribution in [0, 0.1) is 6.92 Å². The van der Waals surface area contributed by atoms with Gasteiger partial charge in [0.15, 0.2) is 0 Å². The van der Waals surface area contributed by atoms with Gasteiger partial charge < -0.3 is 10.2 Å². The largest absolute Gasteiger partial charge is 0.464 e. The van der Waals surface area contributed by atoms with Crippen molar-refractivity contribution < 1.29 is 4.42 Å². The summed E-state index contributed by atoms with van der Waals surface area (Å²) in [5, 5.41) is 7.75. The van der Waals surface area contributed by atoms with Crippen LogP contribution in [-0.4, -0.2) is 10.2 Å². The number of aromatic nitrogens is 2. The highest BCUT2D eigenvalue weighted by Crippen LogP contribution is 2.29. The van der Waals surface area contributed by atoms with E-state index in [0.29, 0.717) is 5.82 Å². The second-order valence-electron chi connectivity index (χ2n) is 3.83. The van der Waals surface area contributed by atoms with Crippen molar-refractivity contribution in [3.05, 3.63) is 36.2 Å². The fourth-order valence-electron chi connectivity index (χ4n) is 1.85. The van der Waals surface area contributed by atoms with E-state index in [1.165, 1.54) is 0 Å². The van der Waals surface area contributed by atoms with Crippen LogP contribution in [0.15, 0.2) is 35.1 Å². The van der Waals surface area contributed by atoms with E-state index in [1.54, 1.807) is 12.5 Å². The van der Waals surface area contributed by atoms with Crippen molar-refractivity contribution in [2.75, 3.05) is 5.73 Å². The first-order valence-electron chi connectivity index (χ1n) is 5.03. The minimum Gasteiger partial charge on any atom is -0.464 e. The van der Waals surface area contributed by atoms with Crippen molar-refractivity contribution in [1.29, 1.82) is 0 Å². The van der Waals surface area contributed by atoms with E-state index >= 15 is 0 Å². The SMILES string of the molecule is Cc1coc2cc(-c3cn[nH]c3N)ccc12. The molecule has 0 fully saturated rings. The molecule has 0 saturated carbocycles. The number of anilines is 1. The molecule has 16 heavy (non-hydrogen) atoms. The molecule has 0 spiro atoms. The maximum atomic E-state index is 5.77. The maximum absolute atomic E-state index is 5.77. The monoisotopic (exact) mass is 213 g/mol. The summed E-state index contributed by atoms with van der Waals surface area (Å²) < 4.78 is 5.46. The average Bonchev–Trinajstić information content (AvgIpc) is 2.86. The smallest absolute Gasteiger partial charge is 0.134 e. The Hall–Kier alpha value is -2.23. The van der Waals surface area contributed by atoms with Gasteiger partial charge >= 0.3 is 0 Å². The Bertz CT molecular complexity index is 651. The zero-order valence-corrected chi connectivity index (χ0v) is 8.82. The third-order valence-electron chi connectivity index (χ3n) is 2.75. The van der Waals surface area contributed by atoms with Gasteiger partial charge in [0.1, 0.15) is 11.4 Å². The Kier molecular flexibility index (Phi) is 1.77. The standard InChI is InChI=1S/C12H11N3O/c1-7-6-16-11-4-8(2-3-9(7)11)10-5-14-15-12(10)13/h2-6H,1H3,(H3,13,14,15). The summed E-state index contributed by atoms with van der Waals surface area (Å²) >= 11 is 0. The first-order valence-corrected chi connectivity index (χ1v) is 5.03. The number of aromatic amines is 1. The molecule has 0 unspecified atom stereocenters. The maximum Gasteiger partial charge on any atom is 0.134 e. The van der Waals surface area contributed by atoms with Crippen LogP contribution < -0.4 is 5.73 Å². The predicted molar refractivity (Wildman–Crippen MR) is 62.9 cm³/mol. The van der Waals surface area contributed by atoms with Crippen LogP contribution >= 0.6 is 0 Å². The third-order valence-corrected chi connectivity index (χ3v) is 2.75. The molecule has 3 aromatic rings. The van der Waals surface area contributed by atoms with Gasteiger partial charge in [-0.25, -0.2) is 0 Å². The van der Waals surface area contributed by atoms with Gasteiger partial charge in [-0.15, -0.1) is 0 Å². The van der Waals surface area contributed by atoms with Crippen LogP contribution in [0.2, 0.25) is 0 Å². The number of hydrogen-bond acceptors (Lipinski definition) is 3. The van der Waals surface area contributed by atoms with Crippen LogP contribution in [0.3, 0.4) is 0 Å². The number of H-pyrrole nitrogens is 1. The minimum absolute atomic E-state index is 0.572. The molecule has 0 aliphatic heterocycles. The van der Waals surface area contributed by atoms with Gasteiger partial charge in [-0.2, -0.15) is 5.10 Å². The molecule has 0 bridgehead atoms. The van der Waals surface area contributed by atoms with Gasteiger partial charge in [0, 0.05) is 10.9 Å². The fraction of sp³-hybridized carbons (Fsp3) is 0.0833. The Balaban J connectivity index is 2.23. The van der Waals surface area contributed by atoms with Gasteiger partial charge in [-0.05, 0) is 24.1 Å². The van der Waals surface area contributed by atoms with Crippen LogP contribution in [0.25, 0.3) is 22.1 Å². The summed E-state index contributed by atoms with van der Waals surface area (Å²) in [7, 11) is 0. The van der Waals surface area contributed by atoms with Crippen molar-refractivity contribution >= 4 is 16.8 Å². The second kappa shape index (κ2) is 3.13. The summed E-state index contributed by atoms with van der Waals surface area (Å²) in [6.45, 7) is 2.03. The zero-order chi connectivity index (χ0) is 11.1. The molecule has 4 heteroatoms. The Morgan fingerprint density at radius 2 is 2.25 bits per heavy atom. The van der Waals surface area contributed by atoms with Crippen molar-refractivity contribution in [2.24, 2.45) is 0 Å². The molecule has 0 radical (unpaired) electrons. The van der Waals surface area contributed by atoms with Gasteiger partial charge in [0.05, 0.1) is 12.5 Å². The number of nitrogens with one attached hydrogen (secondary N) is 1. The topological polar surface area (TPSA) is 67.8 Å². The number of nitrogens with two attached hydrogens (primary N) is 1. The molecule has 80 valence electrons. The lowest BCUT2D eigenvalue weighted by Gasteiger charge is -1.99. The van der Waals surface area contributed by atoms with Crippen molar-refractivity contribution in [3.8, 4) is 11.1 Å². The summed E-state index contributed by atoms with van der Waals surface area (Å²) in [5.74, 6) is 0.572. The minimum atomic E-state index is 0.572. The second-order valence-corrected chi connectivity index (χ2v) is 3.83. The van der Waals surface area contributed by atoms with E-state index < -0.39 is 0 Å². The number of rotatable bonds is 1. The Labute approximate surface area is 92.1 Å². The van der Waals surface area contributed by atoms with Gasteiger partial charge in [0.2, 0.25) is 0 Å². The molecule has 4 nitrogen and oxygen atoms in total. The van der Waals surface area contributed by atoms with E-state index in [-0.39, 0.29) is 0 Å². The van der Waals surface area contributed by atoms with Gasteiger partial charge in [0.25, 0.3) is 0 Å². The van der Waals surface area contributed by atoms with Gasteiger partial charge in [-0.1, -0.05) is 12.1 Å². The molecule has 2 aromatic heterocycles. The summed E-state index contributed by atoms with van der Waals surface area (Å²) in [6.07, 6.45) is 3.47. The lowest BCUT2D eigenvalue weighted by atomic mass is 10.1. The van der Waals surface area contributed by atoms with Crippen molar-refractivity contribution in [1.82, 2.24) is 10.2 Å². The number of nitrogens with zero attached hydrogens (tertiary/aromatic N) is 1. The highest BCUT2D eigenvalue weighted by molar-refractivity contribution is 5.87. The Morgan fingerprint density at radius 3 is 3.00 bits per heavy atom. The van der Waals surface area contributed by atoms with E-state index in [0.717, 1.165) is 27.7 Å². The van der Waals surface area contributed by atoms with Crippen LogP contribution in [0.5, 0.6) is 0 Å². The number of hydrogen-bond donors (Lipinski definition) is 2. The number of benzene rings is 1. The zero-order valence-electron chi connectivity index (χ0n) is 8.82. The molecule has 0 aliphatic rings. The van der Waals surface area contributed by atoms with E-state index in [4.69, 9.17) is 10.2 Å². The lowest BCUT2D eigenvalue weighted by molar-refractivity contribution is 0.613. The predicted octanol–water partition coefficient (Wildman–Crippen LogP) is 2.71. The summed E-state index contributed by atoms with van der Waals surface area (Å²) in [5.41, 5.74) is 9.69. The molecule has 3 N–H and O–H groups in total. The molecular formula is C12H11N3O. The highest BCUT2D eigenvalue weighted by atomic mass is 16.3. The molecule has 0 aliphatic carbocycles. The lowest BCUT2D eigenvalue weighted by Crippen LogP contribution is -1.87. The summed E-state index contributed by atoms with van der Waals surface area (Å²) in [4.78, 5) is 0. The van der Waals surface area contributed by atoms with E-state index in [1.807, 2.05) is 25.1 Å². The van der Waals surface area contributed by atoms with Crippen molar-refractivity contribution in [3.63, 3.8) is 0 Å². The molecule has 0 saturated heterocycles. The molecule has 0 atom stereocenters. The number of furan rings is 1. The third kappa shape index (κ3) is 1.20. The quantitative estimate of drug-likeness (QED) is 0.653. The number of nitrogen functional groups attached to an aromatic ring is 1. The molecule has 0 amide bonds.